The number of nitriles is 1. The van der Waals surface area contributed by atoms with Crippen molar-refractivity contribution in [2.45, 2.75) is 45.4 Å². The molecule has 5 rings (SSSR count). The lowest BCUT2D eigenvalue weighted by Gasteiger charge is -2.33. The van der Waals surface area contributed by atoms with Crippen LogP contribution in [0.15, 0.2) is 30.3 Å². The molecule has 2 aliphatic rings. The predicted molar refractivity (Wildman–Crippen MR) is 140 cm³/mol. The molecule has 8 nitrogen and oxygen atoms in total. The zero-order valence-corrected chi connectivity index (χ0v) is 20.1. The summed E-state index contributed by atoms with van der Waals surface area (Å²) in [7, 11) is 0. The van der Waals surface area contributed by atoms with E-state index in [-0.39, 0.29) is 10.6 Å². The Hall–Kier alpha value is -3.86. The van der Waals surface area contributed by atoms with Crippen molar-refractivity contribution in [3.8, 4) is 6.07 Å². The molecule has 180 valence electrons. The number of aryl methyl sites for hydroxylation is 1. The highest BCUT2D eigenvalue weighted by atomic mass is 16.6. The number of aromatic amines is 1. The van der Waals surface area contributed by atoms with Gasteiger partial charge in [0.25, 0.3) is 5.69 Å². The summed E-state index contributed by atoms with van der Waals surface area (Å²) in [5.74, 6) is 0.473. The van der Waals surface area contributed by atoms with Crippen LogP contribution in [0, 0.1) is 28.4 Å². The lowest BCUT2D eigenvalue weighted by atomic mass is 10.0. The second-order valence-electron chi connectivity index (χ2n) is 9.53. The molecule has 0 spiro atoms. The van der Waals surface area contributed by atoms with Crippen molar-refractivity contribution >= 4 is 39.7 Å². The number of imidazole rings is 1. The normalized spacial score (nSPS) is 17.0. The first-order chi connectivity index (χ1) is 17.0. The molecule has 2 aliphatic heterocycles. The van der Waals surface area contributed by atoms with E-state index in [1.54, 1.807) is 12.1 Å². The van der Waals surface area contributed by atoms with Gasteiger partial charge in [-0.25, -0.2) is 4.98 Å². The number of H-pyrrole nitrogens is 1. The molecule has 3 aromatic rings. The summed E-state index contributed by atoms with van der Waals surface area (Å²) in [6.45, 7) is 5.48. The highest BCUT2D eigenvalue weighted by Crippen LogP contribution is 2.39. The van der Waals surface area contributed by atoms with Gasteiger partial charge in [0.15, 0.2) is 0 Å². The van der Waals surface area contributed by atoms with Crippen LogP contribution >= 0.6 is 0 Å². The molecular formula is C27H30N6O2. The number of anilines is 2. The van der Waals surface area contributed by atoms with Gasteiger partial charge in [-0.1, -0.05) is 6.07 Å². The minimum absolute atomic E-state index is 0.0939. The molecule has 0 aliphatic carbocycles. The standard InChI is InChI=1S/C27H30N6O2/c1-19-8-9-22-23(14-19)30-27(29-22)21(18-28)15-20-16-26(33(34)35)25(32-12-6-3-7-13-32)17-24(20)31-10-4-2-5-11-31/h8-9,14-17H,2-7,10-13H2,1H3,(H,29,30)/b21-15+. The smallest absolute Gasteiger partial charge is 0.293 e. The Morgan fingerprint density at radius 3 is 2.31 bits per heavy atom. The number of hydrogen-bond acceptors (Lipinski definition) is 6. The van der Waals surface area contributed by atoms with Crippen molar-refractivity contribution in [2.24, 2.45) is 0 Å². The Bertz CT molecular complexity index is 1320. The second-order valence-corrected chi connectivity index (χ2v) is 9.53. The minimum atomic E-state index is -0.294. The first-order valence-corrected chi connectivity index (χ1v) is 12.4. The summed E-state index contributed by atoms with van der Waals surface area (Å²) < 4.78 is 0. The van der Waals surface area contributed by atoms with Crippen molar-refractivity contribution in [3.63, 3.8) is 0 Å². The van der Waals surface area contributed by atoms with Crippen LogP contribution in [0.25, 0.3) is 22.7 Å². The third kappa shape index (κ3) is 4.72. The minimum Gasteiger partial charge on any atom is -0.371 e. The first kappa shape index (κ1) is 22.9. The predicted octanol–water partition coefficient (Wildman–Crippen LogP) is 5.82. The van der Waals surface area contributed by atoms with Crippen LogP contribution in [-0.4, -0.2) is 41.1 Å². The molecule has 0 saturated carbocycles. The fraction of sp³-hybridized carbons (Fsp3) is 0.407. The van der Waals surface area contributed by atoms with Crippen LogP contribution in [0.5, 0.6) is 0 Å². The zero-order valence-electron chi connectivity index (χ0n) is 20.1. The van der Waals surface area contributed by atoms with Gasteiger partial charge in [-0.2, -0.15) is 5.26 Å². The molecule has 1 aromatic heterocycles. The molecule has 35 heavy (non-hydrogen) atoms. The molecule has 2 saturated heterocycles. The fourth-order valence-electron chi connectivity index (χ4n) is 5.20. The monoisotopic (exact) mass is 470 g/mol. The fourth-order valence-corrected chi connectivity index (χ4v) is 5.20. The van der Waals surface area contributed by atoms with E-state index in [4.69, 9.17) is 0 Å². The van der Waals surface area contributed by atoms with E-state index in [0.29, 0.717) is 22.6 Å². The molecule has 0 atom stereocenters. The quantitative estimate of drug-likeness (QED) is 0.286. The topological polar surface area (TPSA) is 102 Å². The Balaban J connectivity index is 1.64. The average Bonchev–Trinajstić information content (AvgIpc) is 3.30. The second kappa shape index (κ2) is 9.79. The van der Waals surface area contributed by atoms with E-state index >= 15 is 0 Å². The van der Waals surface area contributed by atoms with Crippen molar-refractivity contribution in [1.82, 2.24) is 9.97 Å². The molecule has 3 heterocycles. The Morgan fingerprint density at radius 2 is 1.69 bits per heavy atom. The van der Waals surface area contributed by atoms with Gasteiger partial charge in [0.2, 0.25) is 0 Å². The van der Waals surface area contributed by atoms with Gasteiger partial charge in [-0.3, -0.25) is 10.1 Å². The number of hydrogen-bond donors (Lipinski definition) is 1. The molecule has 1 N–H and O–H groups in total. The molecule has 2 fully saturated rings. The Labute approximate surface area is 205 Å². The first-order valence-electron chi connectivity index (χ1n) is 12.4. The maximum Gasteiger partial charge on any atom is 0.293 e. The van der Waals surface area contributed by atoms with Crippen LogP contribution in [0.1, 0.15) is 55.5 Å². The Kier molecular flexibility index (Phi) is 6.41. The number of fused-ring (bicyclic) bond motifs is 1. The Morgan fingerprint density at radius 1 is 1.03 bits per heavy atom. The van der Waals surface area contributed by atoms with Gasteiger partial charge in [0.1, 0.15) is 17.6 Å². The molecule has 2 aromatic carbocycles. The van der Waals surface area contributed by atoms with Gasteiger partial charge in [-0.15, -0.1) is 0 Å². The van der Waals surface area contributed by atoms with E-state index in [2.05, 4.69) is 25.8 Å². The van der Waals surface area contributed by atoms with Crippen LogP contribution in [0.3, 0.4) is 0 Å². The van der Waals surface area contributed by atoms with Gasteiger partial charge in [0, 0.05) is 43.5 Å². The van der Waals surface area contributed by atoms with Gasteiger partial charge >= 0.3 is 0 Å². The van der Waals surface area contributed by atoms with Gasteiger partial charge in [0.05, 0.1) is 21.5 Å². The summed E-state index contributed by atoms with van der Waals surface area (Å²) in [6.07, 6.45) is 8.37. The highest BCUT2D eigenvalue weighted by molar-refractivity contribution is 5.94. The van der Waals surface area contributed by atoms with Crippen molar-refractivity contribution in [1.29, 1.82) is 5.26 Å². The van der Waals surface area contributed by atoms with E-state index in [1.165, 1.54) is 6.42 Å². The molecular weight excluding hydrogens is 440 g/mol. The summed E-state index contributed by atoms with van der Waals surface area (Å²) in [5.41, 5.74) is 5.53. The number of aromatic nitrogens is 2. The van der Waals surface area contributed by atoms with E-state index < -0.39 is 0 Å². The molecule has 0 radical (unpaired) electrons. The third-order valence-electron chi connectivity index (χ3n) is 7.03. The van der Waals surface area contributed by atoms with Crippen LogP contribution in [0.2, 0.25) is 0 Å². The SMILES string of the molecule is Cc1ccc2nc(/C(C#N)=C/c3cc([N+](=O)[O-])c(N4CCCCC4)cc3N3CCCCC3)[nH]c2c1. The summed E-state index contributed by atoms with van der Waals surface area (Å²) in [5, 5.41) is 22.2. The van der Waals surface area contributed by atoms with E-state index in [9.17, 15) is 15.4 Å². The highest BCUT2D eigenvalue weighted by Gasteiger charge is 2.26. The number of nitro groups is 1. The molecule has 0 bridgehead atoms. The molecule has 0 amide bonds. The lowest BCUT2D eigenvalue weighted by Crippen LogP contribution is -2.32. The number of nitrogens with zero attached hydrogens (tertiary/aromatic N) is 5. The lowest BCUT2D eigenvalue weighted by molar-refractivity contribution is -0.384. The molecule has 8 heteroatoms. The summed E-state index contributed by atoms with van der Waals surface area (Å²) >= 11 is 0. The van der Waals surface area contributed by atoms with Gasteiger partial charge < -0.3 is 14.8 Å². The number of benzene rings is 2. The van der Waals surface area contributed by atoms with Crippen LogP contribution < -0.4 is 9.80 Å². The maximum absolute atomic E-state index is 12.1. The maximum atomic E-state index is 12.1. The van der Waals surface area contributed by atoms with Gasteiger partial charge in [-0.05, 0) is 75.3 Å². The number of allylic oxidation sites excluding steroid dienone is 1. The average molecular weight is 471 g/mol. The summed E-state index contributed by atoms with van der Waals surface area (Å²) in [4.78, 5) is 24.2. The largest absolute Gasteiger partial charge is 0.371 e. The third-order valence-corrected chi connectivity index (χ3v) is 7.03. The van der Waals surface area contributed by atoms with Crippen molar-refractivity contribution in [3.05, 3.63) is 57.4 Å². The number of rotatable bonds is 5. The number of nitro benzene ring substituents is 1. The zero-order chi connectivity index (χ0) is 24.4. The summed E-state index contributed by atoms with van der Waals surface area (Å²) in [6, 6.07) is 11.8. The van der Waals surface area contributed by atoms with Crippen LogP contribution in [0.4, 0.5) is 17.1 Å². The number of piperidine rings is 2. The molecule has 0 unspecified atom stereocenters. The van der Waals surface area contributed by atoms with Crippen LogP contribution in [-0.2, 0) is 0 Å². The number of nitrogens with one attached hydrogen (secondary N) is 1. The van der Waals surface area contributed by atoms with E-state index in [0.717, 1.165) is 80.6 Å². The van der Waals surface area contributed by atoms with Crippen molar-refractivity contribution < 1.29 is 4.92 Å². The van der Waals surface area contributed by atoms with Crippen molar-refractivity contribution in [2.75, 3.05) is 36.0 Å². The van der Waals surface area contributed by atoms with E-state index in [1.807, 2.05) is 31.2 Å².